The minimum absolute atomic E-state index is 0.280. The highest BCUT2D eigenvalue weighted by Gasteiger charge is 2.25. The third-order valence-corrected chi connectivity index (χ3v) is 6.23. The first-order chi connectivity index (χ1) is 12.8. The predicted molar refractivity (Wildman–Crippen MR) is 105 cm³/mol. The lowest BCUT2D eigenvalue weighted by Crippen LogP contribution is -2.29. The van der Waals surface area contributed by atoms with Crippen LogP contribution in [0.5, 0.6) is 17.2 Å². The molecule has 2 rings (SSSR count). The lowest BCUT2D eigenvalue weighted by atomic mass is 10.1. The van der Waals surface area contributed by atoms with Crippen LogP contribution in [0.1, 0.15) is 36.1 Å². The Balaban J connectivity index is 2.41. The van der Waals surface area contributed by atoms with Crippen LogP contribution in [0.4, 0.5) is 0 Å². The van der Waals surface area contributed by atoms with Crippen molar-refractivity contribution in [3.63, 3.8) is 0 Å². The molecule has 2 aromatic rings. The number of hydrogen-bond acceptors (Lipinski definition) is 5. The zero-order chi connectivity index (χ0) is 20.2. The lowest BCUT2D eigenvalue weighted by molar-refractivity contribution is 0.354. The van der Waals surface area contributed by atoms with Gasteiger partial charge in [0.1, 0.15) is 5.75 Å². The van der Waals surface area contributed by atoms with Crippen molar-refractivity contribution in [1.82, 2.24) is 4.72 Å². The molecule has 7 heteroatoms. The molecular weight excluding hydrogens is 366 g/mol. The monoisotopic (exact) mass is 393 g/mol. The molecule has 148 valence electrons. The van der Waals surface area contributed by atoms with Crippen LogP contribution in [-0.4, -0.2) is 29.7 Å². The number of aryl methyl sites for hydroxylation is 2. The van der Waals surface area contributed by atoms with Gasteiger partial charge in [0.15, 0.2) is 11.5 Å². The Hall–Kier alpha value is -2.25. The highest BCUT2D eigenvalue weighted by molar-refractivity contribution is 7.89. The Morgan fingerprint density at radius 3 is 2.00 bits per heavy atom. The quantitative estimate of drug-likeness (QED) is 0.739. The molecule has 0 spiro atoms. The summed E-state index contributed by atoms with van der Waals surface area (Å²) in [5, 5.41) is 0. The number of ether oxygens (including phenoxy) is 3. The van der Waals surface area contributed by atoms with Crippen molar-refractivity contribution >= 4 is 10.0 Å². The van der Waals surface area contributed by atoms with E-state index >= 15 is 0 Å². The second-order valence-corrected chi connectivity index (χ2v) is 7.94. The van der Waals surface area contributed by atoms with E-state index in [1.807, 2.05) is 13.0 Å². The van der Waals surface area contributed by atoms with Crippen LogP contribution in [0, 0.1) is 13.8 Å². The first-order valence-corrected chi connectivity index (χ1v) is 10.1. The van der Waals surface area contributed by atoms with Crippen LogP contribution in [0.2, 0.25) is 0 Å². The number of hydrogen-bond donors (Lipinski definition) is 1. The average Bonchev–Trinajstić information content (AvgIpc) is 2.64. The molecule has 6 nitrogen and oxygen atoms in total. The van der Waals surface area contributed by atoms with Crippen LogP contribution < -0.4 is 18.9 Å². The van der Waals surface area contributed by atoms with E-state index in [1.54, 1.807) is 59.4 Å². The van der Waals surface area contributed by atoms with Gasteiger partial charge >= 0.3 is 0 Å². The molecule has 0 fully saturated rings. The molecule has 1 atom stereocenters. The van der Waals surface area contributed by atoms with E-state index in [2.05, 4.69) is 4.72 Å². The maximum Gasteiger partial charge on any atom is 0.241 e. The largest absolute Gasteiger partial charge is 0.497 e. The average molecular weight is 394 g/mol. The molecule has 0 aliphatic heterocycles. The molecule has 0 saturated heterocycles. The Morgan fingerprint density at radius 1 is 0.926 bits per heavy atom. The molecule has 0 heterocycles. The molecule has 0 saturated carbocycles. The predicted octanol–water partition coefficient (Wildman–Crippen LogP) is 3.76. The van der Waals surface area contributed by atoms with E-state index in [9.17, 15) is 8.42 Å². The molecule has 1 N–H and O–H groups in total. The first kappa shape index (κ1) is 21.1. The standard InChI is InChI=1S/C20H27NO5S/c1-7-17(15-8-9-18(25-5)19(12-15)26-6)21-27(22,23)20-13(2)10-16(24-4)11-14(20)3/h8-12,17,21H,7H2,1-6H3. The summed E-state index contributed by atoms with van der Waals surface area (Å²) in [6, 6.07) is 8.46. The third-order valence-electron chi connectivity index (χ3n) is 4.45. The highest BCUT2D eigenvalue weighted by Crippen LogP contribution is 2.32. The maximum atomic E-state index is 13.1. The van der Waals surface area contributed by atoms with Gasteiger partial charge in [-0.15, -0.1) is 0 Å². The van der Waals surface area contributed by atoms with Crippen molar-refractivity contribution in [2.75, 3.05) is 21.3 Å². The fourth-order valence-electron chi connectivity index (χ4n) is 3.16. The van der Waals surface area contributed by atoms with Gasteiger partial charge in [0.2, 0.25) is 10.0 Å². The van der Waals surface area contributed by atoms with Crippen LogP contribution in [-0.2, 0) is 10.0 Å². The summed E-state index contributed by atoms with van der Waals surface area (Å²) in [6.07, 6.45) is 0.586. The van der Waals surface area contributed by atoms with E-state index in [0.717, 1.165) is 5.56 Å². The van der Waals surface area contributed by atoms with Crippen molar-refractivity contribution in [2.24, 2.45) is 0 Å². The Kier molecular flexibility index (Phi) is 6.73. The van der Waals surface area contributed by atoms with Gasteiger partial charge in [0.25, 0.3) is 0 Å². The van der Waals surface area contributed by atoms with Gasteiger partial charge < -0.3 is 14.2 Å². The summed E-state index contributed by atoms with van der Waals surface area (Å²) < 4.78 is 44.8. The number of rotatable bonds is 8. The van der Waals surface area contributed by atoms with Crippen molar-refractivity contribution in [3.8, 4) is 17.2 Å². The van der Waals surface area contributed by atoms with Crippen molar-refractivity contribution < 1.29 is 22.6 Å². The van der Waals surface area contributed by atoms with Gasteiger partial charge in [0, 0.05) is 6.04 Å². The van der Waals surface area contributed by atoms with Crippen LogP contribution in [0.25, 0.3) is 0 Å². The molecular formula is C20H27NO5S. The van der Waals surface area contributed by atoms with Gasteiger partial charge in [-0.25, -0.2) is 13.1 Å². The van der Waals surface area contributed by atoms with Gasteiger partial charge in [-0.2, -0.15) is 0 Å². The van der Waals surface area contributed by atoms with Gasteiger partial charge in [0.05, 0.1) is 26.2 Å². The summed E-state index contributed by atoms with van der Waals surface area (Å²) in [6.45, 7) is 5.46. The first-order valence-electron chi connectivity index (χ1n) is 8.66. The van der Waals surface area contributed by atoms with E-state index in [0.29, 0.717) is 34.8 Å². The number of benzene rings is 2. The SMILES string of the molecule is CCC(NS(=O)(=O)c1c(C)cc(OC)cc1C)c1ccc(OC)c(OC)c1. The smallest absolute Gasteiger partial charge is 0.241 e. The molecule has 0 bridgehead atoms. The summed E-state index contributed by atoms with van der Waals surface area (Å²) in [7, 11) is 0.956. The van der Waals surface area contributed by atoms with E-state index < -0.39 is 16.1 Å². The molecule has 27 heavy (non-hydrogen) atoms. The number of sulfonamides is 1. The van der Waals surface area contributed by atoms with Crippen LogP contribution in [0.3, 0.4) is 0 Å². The van der Waals surface area contributed by atoms with E-state index in [1.165, 1.54) is 0 Å². The minimum Gasteiger partial charge on any atom is -0.497 e. The second kappa shape index (κ2) is 8.63. The summed E-state index contributed by atoms with van der Waals surface area (Å²) in [5.74, 6) is 1.79. The molecule has 0 amide bonds. The maximum absolute atomic E-state index is 13.1. The fourth-order valence-corrected chi connectivity index (χ4v) is 4.92. The normalized spacial score (nSPS) is 12.5. The molecule has 1 unspecified atom stereocenters. The van der Waals surface area contributed by atoms with Crippen LogP contribution >= 0.6 is 0 Å². The summed E-state index contributed by atoms with van der Waals surface area (Å²) >= 11 is 0. The number of methoxy groups -OCH3 is 3. The van der Waals surface area contributed by atoms with Gasteiger partial charge in [-0.1, -0.05) is 13.0 Å². The van der Waals surface area contributed by atoms with Gasteiger partial charge in [-0.3, -0.25) is 0 Å². The zero-order valence-corrected chi connectivity index (χ0v) is 17.4. The molecule has 0 radical (unpaired) electrons. The Labute approximate surface area is 161 Å². The molecule has 0 aliphatic carbocycles. The lowest BCUT2D eigenvalue weighted by Gasteiger charge is -2.21. The van der Waals surface area contributed by atoms with Crippen LogP contribution in [0.15, 0.2) is 35.2 Å². The van der Waals surface area contributed by atoms with Crippen molar-refractivity contribution in [2.45, 2.75) is 38.1 Å². The number of nitrogens with one attached hydrogen (secondary N) is 1. The third kappa shape index (κ3) is 4.54. The Morgan fingerprint density at radius 2 is 1.52 bits per heavy atom. The molecule has 0 aliphatic rings. The summed E-state index contributed by atoms with van der Waals surface area (Å²) in [4.78, 5) is 0.280. The van der Waals surface area contributed by atoms with E-state index in [-0.39, 0.29) is 4.90 Å². The second-order valence-electron chi connectivity index (χ2n) is 6.29. The minimum atomic E-state index is -3.72. The topological polar surface area (TPSA) is 73.9 Å². The van der Waals surface area contributed by atoms with E-state index in [4.69, 9.17) is 14.2 Å². The molecule has 2 aromatic carbocycles. The Bertz CT molecular complexity index is 886. The zero-order valence-electron chi connectivity index (χ0n) is 16.6. The van der Waals surface area contributed by atoms with Crippen molar-refractivity contribution in [3.05, 3.63) is 47.0 Å². The van der Waals surface area contributed by atoms with Crippen molar-refractivity contribution in [1.29, 1.82) is 0 Å². The fraction of sp³-hybridized carbons (Fsp3) is 0.400. The van der Waals surface area contributed by atoms with Gasteiger partial charge in [-0.05, 0) is 61.2 Å². The highest BCUT2D eigenvalue weighted by atomic mass is 32.2. The molecule has 0 aromatic heterocycles. The summed E-state index contributed by atoms with van der Waals surface area (Å²) in [5.41, 5.74) is 2.09.